The summed E-state index contributed by atoms with van der Waals surface area (Å²) in [6, 6.07) is 13.4. The molecule has 7 nitrogen and oxygen atoms in total. The van der Waals surface area contributed by atoms with E-state index in [1.165, 1.54) is 0 Å². The van der Waals surface area contributed by atoms with Gasteiger partial charge in [0.25, 0.3) is 5.91 Å². The van der Waals surface area contributed by atoms with Crippen molar-refractivity contribution in [3.63, 3.8) is 0 Å². The molecule has 0 saturated carbocycles. The molecule has 0 heterocycles. The molecule has 0 saturated heterocycles. The summed E-state index contributed by atoms with van der Waals surface area (Å²) >= 11 is 0. The van der Waals surface area contributed by atoms with Gasteiger partial charge in [-0.05, 0) is 56.3 Å². The van der Waals surface area contributed by atoms with Crippen molar-refractivity contribution in [2.45, 2.75) is 20.4 Å². The molecule has 1 amide bonds. The Labute approximate surface area is 178 Å². The molecule has 0 bridgehead atoms. The normalized spacial score (nSPS) is 10.4. The predicted molar refractivity (Wildman–Crippen MR) is 115 cm³/mol. The SMILES string of the molecule is CCOc1ccc(OCCOc2ccc(C[NH2+]CC(=O)N(C)C)cc2OCC)cc1. The minimum Gasteiger partial charge on any atom is -0.494 e. The lowest BCUT2D eigenvalue weighted by Gasteiger charge is -2.14. The molecular formula is C23H33N2O5+. The van der Waals surface area contributed by atoms with E-state index in [9.17, 15) is 4.79 Å². The monoisotopic (exact) mass is 417 g/mol. The van der Waals surface area contributed by atoms with Gasteiger partial charge < -0.3 is 29.2 Å². The number of benzene rings is 2. The Hall–Kier alpha value is -2.93. The standard InChI is InChI=1S/C23H32N2O5/c1-5-27-19-8-10-20(11-9-19)29-13-14-30-21-12-7-18(15-22(21)28-6-2)16-24-17-23(26)25(3)4/h7-12,15,24H,5-6,13-14,16-17H2,1-4H3/p+1. The number of rotatable bonds is 13. The number of carbonyl (C=O) groups excluding carboxylic acids is 1. The van der Waals surface area contributed by atoms with Crippen LogP contribution in [0, 0.1) is 0 Å². The Morgan fingerprint density at radius 1 is 0.833 bits per heavy atom. The van der Waals surface area contributed by atoms with Gasteiger partial charge in [0.05, 0.1) is 13.2 Å². The zero-order valence-corrected chi connectivity index (χ0v) is 18.3. The van der Waals surface area contributed by atoms with Gasteiger partial charge in [-0.3, -0.25) is 4.79 Å². The number of hydrogen-bond acceptors (Lipinski definition) is 5. The minimum atomic E-state index is 0.0903. The first-order chi connectivity index (χ1) is 14.5. The van der Waals surface area contributed by atoms with Gasteiger partial charge in [0, 0.05) is 19.7 Å². The van der Waals surface area contributed by atoms with Gasteiger partial charge in [-0.15, -0.1) is 0 Å². The van der Waals surface area contributed by atoms with Crippen LogP contribution < -0.4 is 24.3 Å². The lowest BCUT2D eigenvalue weighted by molar-refractivity contribution is -0.660. The summed E-state index contributed by atoms with van der Waals surface area (Å²) in [5.41, 5.74) is 1.07. The number of hydrogen-bond donors (Lipinski definition) is 1. The predicted octanol–water partition coefficient (Wildman–Crippen LogP) is 2.09. The summed E-state index contributed by atoms with van der Waals surface area (Å²) in [7, 11) is 3.52. The van der Waals surface area contributed by atoms with E-state index in [4.69, 9.17) is 18.9 Å². The lowest BCUT2D eigenvalue weighted by Crippen LogP contribution is -2.85. The van der Waals surface area contributed by atoms with Crippen LogP contribution in [0.25, 0.3) is 0 Å². The van der Waals surface area contributed by atoms with E-state index < -0.39 is 0 Å². The van der Waals surface area contributed by atoms with Gasteiger partial charge in [0.15, 0.2) is 18.0 Å². The molecule has 30 heavy (non-hydrogen) atoms. The summed E-state index contributed by atoms with van der Waals surface area (Å²) in [5.74, 6) is 3.06. The van der Waals surface area contributed by atoms with Crippen LogP contribution in [0.4, 0.5) is 0 Å². The second-order valence-corrected chi connectivity index (χ2v) is 6.80. The quantitative estimate of drug-likeness (QED) is 0.505. The third kappa shape index (κ3) is 7.83. The molecule has 0 aromatic heterocycles. The molecule has 2 N–H and O–H groups in total. The third-order valence-corrected chi connectivity index (χ3v) is 4.25. The highest BCUT2D eigenvalue weighted by Crippen LogP contribution is 2.28. The summed E-state index contributed by atoms with van der Waals surface area (Å²) in [6.45, 7) is 7.01. The molecule has 7 heteroatoms. The van der Waals surface area contributed by atoms with E-state index in [2.05, 4.69) is 0 Å². The second-order valence-electron chi connectivity index (χ2n) is 6.80. The number of likely N-dealkylation sites (N-methyl/N-ethyl adjacent to an activating group) is 1. The van der Waals surface area contributed by atoms with Crippen LogP contribution in [0.3, 0.4) is 0 Å². The first kappa shape index (κ1) is 23.3. The van der Waals surface area contributed by atoms with Crippen molar-refractivity contribution in [1.82, 2.24) is 4.90 Å². The maximum absolute atomic E-state index is 11.7. The van der Waals surface area contributed by atoms with Gasteiger partial charge >= 0.3 is 0 Å². The zero-order valence-electron chi connectivity index (χ0n) is 18.3. The highest BCUT2D eigenvalue weighted by Gasteiger charge is 2.10. The van der Waals surface area contributed by atoms with Crippen molar-refractivity contribution < 1.29 is 29.1 Å². The van der Waals surface area contributed by atoms with E-state index in [-0.39, 0.29) is 5.91 Å². The number of nitrogens with two attached hydrogens (primary N) is 1. The average molecular weight is 418 g/mol. The molecule has 0 atom stereocenters. The Bertz CT molecular complexity index is 778. The van der Waals surface area contributed by atoms with Gasteiger partial charge in [-0.25, -0.2) is 0 Å². The summed E-state index contributed by atoms with van der Waals surface area (Å²) in [5, 5.41) is 1.97. The van der Waals surface area contributed by atoms with Gasteiger partial charge in [-0.1, -0.05) is 0 Å². The molecule has 0 aliphatic rings. The van der Waals surface area contributed by atoms with E-state index in [0.717, 1.165) is 17.1 Å². The Balaban J connectivity index is 1.83. The maximum Gasteiger partial charge on any atom is 0.277 e. The second kappa shape index (κ2) is 12.6. The summed E-state index contributed by atoms with van der Waals surface area (Å²) in [6.07, 6.45) is 0. The van der Waals surface area contributed by atoms with Crippen LogP contribution in [0.5, 0.6) is 23.0 Å². The first-order valence-electron chi connectivity index (χ1n) is 10.3. The van der Waals surface area contributed by atoms with Crippen molar-refractivity contribution in [1.29, 1.82) is 0 Å². The van der Waals surface area contributed by atoms with E-state index in [0.29, 0.717) is 51.0 Å². The summed E-state index contributed by atoms with van der Waals surface area (Å²) in [4.78, 5) is 13.3. The average Bonchev–Trinajstić information content (AvgIpc) is 2.74. The molecular weight excluding hydrogens is 384 g/mol. The van der Waals surface area contributed by atoms with Crippen LogP contribution in [-0.4, -0.2) is 57.9 Å². The largest absolute Gasteiger partial charge is 0.494 e. The molecule has 0 fully saturated rings. The van der Waals surface area contributed by atoms with Crippen molar-refractivity contribution in [2.75, 3.05) is 47.1 Å². The Morgan fingerprint density at radius 2 is 1.47 bits per heavy atom. The van der Waals surface area contributed by atoms with Gasteiger partial charge in [0.1, 0.15) is 31.3 Å². The maximum atomic E-state index is 11.7. The molecule has 0 aliphatic carbocycles. The highest BCUT2D eigenvalue weighted by atomic mass is 16.5. The Kier molecular flexibility index (Phi) is 9.80. The first-order valence-corrected chi connectivity index (χ1v) is 10.3. The van der Waals surface area contributed by atoms with Crippen LogP contribution >= 0.6 is 0 Å². The van der Waals surface area contributed by atoms with Crippen LogP contribution in [0.15, 0.2) is 42.5 Å². The zero-order chi connectivity index (χ0) is 21.8. The van der Waals surface area contributed by atoms with Gasteiger partial charge in [0.2, 0.25) is 0 Å². The van der Waals surface area contributed by atoms with Crippen molar-refractivity contribution in [3.05, 3.63) is 48.0 Å². The molecule has 0 unspecified atom stereocenters. The van der Waals surface area contributed by atoms with Crippen molar-refractivity contribution in [2.24, 2.45) is 0 Å². The molecule has 2 aromatic rings. The van der Waals surface area contributed by atoms with E-state index in [1.807, 2.05) is 61.6 Å². The minimum absolute atomic E-state index is 0.0903. The molecule has 0 spiro atoms. The van der Waals surface area contributed by atoms with Crippen LogP contribution in [0.2, 0.25) is 0 Å². The van der Waals surface area contributed by atoms with Crippen molar-refractivity contribution in [3.8, 4) is 23.0 Å². The molecule has 0 aliphatic heterocycles. The number of ether oxygens (including phenoxy) is 4. The van der Waals surface area contributed by atoms with E-state index in [1.54, 1.807) is 19.0 Å². The molecule has 164 valence electrons. The van der Waals surface area contributed by atoms with E-state index >= 15 is 0 Å². The fourth-order valence-corrected chi connectivity index (χ4v) is 2.72. The molecule has 0 radical (unpaired) electrons. The highest BCUT2D eigenvalue weighted by molar-refractivity contribution is 5.76. The number of amides is 1. The Morgan fingerprint density at radius 3 is 2.10 bits per heavy atom. The smallest absolute Gasteiger partial charge is 0.277 e. The van der Waals surface area contributed by atoms with Crippen molar-refractivity contribution >= 4 is 5.91 Å². The lowest BCUT2D eigenvalue weighted by atomic mass is 10.2. The molecule has 2 rings (SSSR count). The third-order valence-electron chi connectivity index (χ3n) is 4.25. The molecule has 2 aromatic carbocycles. The van der Waals surface area contributed by atoms with Gasteiger partial charge in [-0.2, -0.15) is 0 Å². The topological polar surface area (TPSA) is 73.8 Å². The van der Waals surface area contributed by atoms with Crippen LogP contribution in [0.1, 0.15) is 19.4 Å². The van der Waals surface area contributed by atoms with Crippen LogP contribution in [-0.2, 0) is 11.3 Å². The number of nitrogens with zero attached hydrogens (tertiary/aromatic N) is 1. The number of quaternary nitrogens is 1. The summed E-state index contributed by atoms with van der Waals surface area (Å²) < 4.78 is 22.7. The number of carbonyl (C=O) groups is 1. The fourth-order valence-electron chi connectivity index (χ4n) is 2.72. The fraction of sp³-hybridized carbons (Fsp3) is 0.435.